The van der Waals surface area contributed by atoms with Crippen LogP contribution in [0.5, 0.6) is 0 Å². The molecule has 0 bridgehead atoms. The largest absolute Gasteiger partial charge is 0.344 e. The van der Waals surface area contributed by atoms with E-state index >= 15 is 0 Å². The van der Waals surface area contributed by atoms with Crippen LogP contribution in [0.4, 0.5) is 4.79 Å². The van der Waals surface area contributed by atoms with Crippen molar-refractivity contribution in [3.8, 4) is 0 Å². The average molecular weight is 704 g/mol. The summed E-state index contributed by atoms with van der Waals surface area (Å²) in [7, 11) is -3.54. The second-order valence-electron chi connectivity index (χ2n) is 17.5. The highest BCUT2D eigenvalue weighted by molar-refractivity contribution is 7.92. The van der Waals surface area contributed by atoms with Crippen LogP contribution in [0.3, 0.4) is 0 Å². The number of nitrogens with one attached hydrogen (secondary N) is 4. The van der Waals surface area contributed by atoms with Gasteiger partial charge >= 0.3 is 6.03 Å². The van der Waals surface area contributed by atoms with Crippen molar-refractivity contribution in [3.05, 3.63) is 12.7 Å². The zero-order chi connectivity index (χ0) is 36.0. The van der Waals surface area contributed by atoms with E-state index in [1.54, 1.807) is 24.8 Å². The van der Waals surface area contributed by atoms with E-state index in [0.29, 0.717) is 44.7 Å². The number of nitrogens with zero attached hydrogens (tertiary/aromatic N) is 1. The third-order valence-electron chi connectivity index (χ3n) is 12.5. The number of amides is 4. The number of carbonyl (C=O) groups excluding carboxylic acids is 4. The van der Waals surface area contributed by atoms with Crippen LogP contribution in [0.25, 0.3) is 0 Å². The minimum Gasteiger partial charge on any atom is -0.344 e. The SMILES string of the molecule is C=CCNCC(=O)C(CC1CC1)NC(=O)[C@@H]1[C@@H]2C(CN1C(=O)[C@@H](NC(=O)NC1(CS(=O)(=O)C(C)(C)CC)CCCCC1)C(C)(C)C)C21CC1. The number of hydrogen-bond acceptors (Lipinski definition) is 7. The molecule has 1 heterocycles. The Kier molecular flexibility index (Phi) is 10.7. The highest BCUT2D eigenvalue weighted by Crippen LogP contribution is 2.78. The minimum absolute atomic E-state index is 0.0547. The summed E-state index contributed by atoms with van der Waals surface area (Å²) in [5.74, 6) is -0.104. The first-order valence-electron chi connectivity index (χ1n) is 18.7. The molecule has 276 valence electrons. The number of piperidine rings is 1. The van der Waals surface area contributed by atoms with Gasteiger partial charge in [-0.3, -0.25) is 14.4 Å². The van der Waals surface area contributed by atoms with Crippen LogP contribution in [-0.2, 0) is 24.2 Å². The van der Waals surface area contributed by atoms with Crippen LogP contribution in [0.15, 0.2) is 12.7 Å². The molecule has 1 saturated heterocycles. The molecule has 5 rings (SSSR count). The fourth-order valence-electron chi connectivity index (χ4n) is 8.51. The molecule has 5 fully saturated rings. The molecule has 0 aromatic rings. The molecule has 0 aromatic heterocycles. The average Bonchev–Trinajstić information content (AvgIpc) is 3.99. The van der Waals surface area contributed by atoms with Gasteiger partial charge in [-0.15, -0.1) is 6.58 Å². The first-order valence-corrected chi connectivity index (χ1v) is 20.3. The third kappa shape index (κ3) is 8.05. The molecule has 11 nitrogen and oxygen atoms in total. The number of likely N-dealkylation sites (tertiary alicyclic amines) is 1. The molecule has 1 aliphatic heterocycles. The summed E-state index contributed by atoms with van der Waals surface area (Å²) in [6.07, 6.45) is 10.7. The summed E-state index contributed by atoms with van der Waals surface area (Å²) < 4.78 is 26.2. The van der Waals surface area contributed by atoms with Crippen LogP contribution < -0.4 is 21.3 Å². The summed E-state index contributed by atoms with van der Waals surface area (Å²) in [4.78, 5) is 57.3. The van der Waals surface area contributed by atoms with E-state index < -0.39 is 49.7 Å². The third-order valence-corrected chi connectivity index (χ3v) is 15.4. The molecule has 4 saturated carbocycles. The Bertz CT molecular complexity index is 1410. The van der Waals surface area contributed by atoms with E-state index in [0.717, 1.165) is 44.9 Å². The number of Topliss-reactive ketones (excluding diaryl/α,β-unsaturated/α-hetero) is 1. The normalized spacial score (nSPS) is 26.7. The van der Waals surface area contributed by atoms with Gasteiger partial charge in [0.05, 0.1) is 28.6 Å². The van der Waals surface area contributed by atoms with Gasteiger partial charge in [-0.1, -0.05) is 65.9 Å². The van der Waals surface area contributed by atoms with Gasteiger partial charge in [0.1, 0.15) is 12.1 Å². The van der Waals surface area contributed by atoms with Crippen molar-refractivity contribution in [2.75, 3.05) is 25.4 Å². The van der Waals surface area contributed by atoms with Gasteiger partial charge in [-0.2, -0.15) is 0 Å². The predicted molar refractivity (Wildman–Crippen MR) is 190 cm³/mol. The van der Waals surface area contributed by atoms with Crippen molar-refractivity contribution < 1.29 is 27.6 Å². The number of hydrogen-bond donors (Lipinski definition) is 4. The molecule has 1 spiro atoms. The summed E-state index contributed by atoms with van der Waals surface area (Å²) in [6, 6.07) is -2.83. The Balaban J connectivity index is 1.32. The zero-order valence-electron chi connectivity index (χ0n) is 30.7. The number of fused-ring (bicyclic) bond motifs is 3. The first-order chi connectivity index (χ1) is 22.9. The number of ketones is 1. The first kappa shape index (κ1) is 37.8. The molecular weight excluding hydrogens is 643 g/mol. The van der Waals surface area contributed by atoms with E-state index in [9.17, 15) is 27.6 Å². The van der Waals surface area contributed by atoms with E-state index in [4.69, 9.17) is 0 Å². The van der Waals surface area contributed by atoms with Gasteiger partial charge in [-0.05, 0) is 81.0 Å². The topological polar surface area (TPSA) is 154 Å². The van der Waals surface area contributed by atoms with Crippen molar-refractivity contribution in [2.45, 2.75) is 141 Å². The number of sulfone groups is 1. The Morgan fingerprint density at radius 2 is 1.63 bits per heavy atom. The van der Waals surface area contributed by atoms with Crippen molar-refractivity contribution >= 4 is 33.5 Å². The van der Waals surface area contributed by atoms with Crippen LogP contribution in [0.1, 0.15) is 112 Å². The molecule has 49 heavy (non-hydrogen) atoms. The van der Waals surface area contributed by atoms with Crippen molar-refractivity contribution in [3.63, 3.8) is 0 Å². The van der Waals surface area contributed by atoms with E-state index in [1.165, 1.54) is 0 Å². The summed E-state index contributed by atoms with van der Waals surface area (Å²) in [5.41, 5.74) is -1.50. The number of rotatable bonds is 16. The molecule has 4 aliphatic carbocycles. The maximum Gasteiger partial charge on any atom is 0.315 e. The van der Waals surface area contributed by atoms with Crippen LogP contribution in [0, 0.1) is 28.6 Å². The molecule has 12 heteroatoms. The minimum atomic E-state index is -3.54. The van der Waals surface area contributed by atoms with Gasteiger partial charge < -0.3 is 26.2 Å². The van der Waals surface area contributed by atoms with Crippen LogP contribution in [-0.4, -0.2) is 90.7 Å². The Hall–Kier alpha value is -2.47. The van der Waals surface area contributed by atoms with Crippen LogP contribution >= 0.6 is 0 Å². The summed E-state index contributed by atoms with van der Waals surface area (Å²) in [6.45, 7) is 15.8. The maximum absolute atomic E-state index is 14.5. The van der Waals surface area contributed by atoms with E-state index in [1.807, 2.05) is 27.7 Å². The monoisotopic (exact) mass is 703 g/mol. The number of urea groups is 1. The van der Waals surface area contributed by atoms with E-state index in [2.05, 4.69) is 27.8 Å². The van der Waals surface area contributed by atoms with Gasteiger partial charge in [-0.25, -0.2) is 13.2 Å². The van der Waals surface area contributed by atoms with Gasteiger partial charge in [0.2, 0.25) is 11.8 Å². The standard InChI is InChI=1S/C37H61N5O6S/c1-8-19-38-21-27(43)26(20-24-13-14-24)39-31(44)29-28-25(37(28)17-18-37)22-42(29)32(45)30(34(3,4)5)40-33(46)41-36(15-11-10-12-16-36)23-49(47,48)35(6,7)9-2/h8,24-26,28-30,38H,1,9-23H2,2-7H3,(H,39,44)(H2,40,41,46)/t25?,26?,28-,29-,30+/m0/s1. The zero-order valence-corrected chi connectivity index (χ0v) is 31.5. The second kappa shape index (κ2) is 13.9. The molecule has 0 radical (unpaired) electrons. The summed E-state index contributed by atoms with van der Waals surface area (Å²) in [5, 5.41) is 12.2. The maximum atomic E-state index is 14.5. The smallest absolute Gasteiger partial charge is 0.315 e. The molecule has 0 aromatic carbocycles. The van der Waals surface area contributed by atoms with Gasteiger partial charge in [0.25, 0.3) is 0 Å². The second-order valence-corrected chi connectivity index (χ2v) is 20.2. The van der Waals surface area contributed by atoms with Crippen molar-refractivity contribution in [2.24, 2.45) is 28.6 Å². The Morgan fingerprint density at radius 1 is 0.980 bits per heavy atom. The van der Waals surface area contributed by atoms with E-state index in [-0.39, 0.29) is 47.1 Å². The lowest BCUT2D eigenvalue weighted by atomic mass is 9.83. The molecule has 5 atom stereocenters. The highest BCUT2D eigenvalue weighted by Gasteiger charge is 2.79. The molecular formula is C37H61N5O6S. The molecule has 4 N–H and O–H groups in total. The predicted octanol–water partition coefficient (Wildman–Crippen LogP) is 3.87. The quantitative estimate of drug-likeness (QED) is 0.141. The molecule has 4 amide bonds. The molecule has 2 unspecified atom stereocenters. The van der Waals surface area contributed by atoms with Gasteiger partial charge in [0.15, 0.2) is 15.6 Å². The lowest BCUT2D eigenvalue weighted by Gasteiger charge is -2.41. The van der Waals surface area contributed by atoms with Crippen molar-refractivity contribution in [1.82, 2.24) is 26.2 Å². The van der Waals surface area contributed by atoms with Crippen molar-refractivity contribution in [1.29, 1.82) is 0 Å². The highest BCUT2D eigenvalue weighted by atomic mass is 32.2. The fraction of sp³-hybridized carbons (Fsp3) is 0.838. The Morgan fingerprint density at radius 3 is 2.18 bits per heavy atom. The lowest BCUT2D eigenvalue weighted by Crippen LogP contribution is -2.64. The number of carbonyl (C=O) groups is 4. The lowest BCUT2D eigenvalue weighted by molar-refractivity contribution is -0.144. The summed E-state index contributed by atoms with van der Waals surface area (Å²) >= 11 is 0. The van der Waals surface area contributed by atoms with Gasteiger partial charge in [0, 0.05) is 13.1 Å². The Labute approximate surface area is 293 Å². The van der Waals surface area contributed by atoms with Crippen LogP contribution in [0.2, 0.25) is 0 Å². The molecule has 5 aliphatic rings. The fourth-order valence-corrected chi connectivity index (χ4v) is 10.4.